The predicted molar refractivity (Wildman–Crippen MR) is 72.4 cm³/mol. The fourth-order valence-electron chi connectivity index (χ4n) is 1.80. The Morgan fingerprint density at radius 1 is 1.53 bits per heavy atom. The van der Waals surface area contributed by atoms with E-state index in [-0.39, 0.29) is 11.8 Å². The number of carboxylic acid groups (broad SMARTS) is 1. The van der Waals surface area contributed by atoms with Crippen LogP contribution >= 0.6 is 11.3 Å². The molecule has 1 aromatic heterocycles. The van der Waals surface area contributed by atoms with Gasteiger partial charge in [0, 0.05) is 5.92 Å². The summed E-state index contributed by atoms with van der Waals surface area (Å²) in [6, 6.07) is -0.787. The lowest BCUT2D eigenvalue weighted by molar-refractivity contribution is -0.139. The fraction of sp³-hybridized carbons (Fsp3) is 0.615. The van der Waals surface area contributed by atoms with E-state index in [0.29, 0.717) is 17.2 Å². The highest BCUT2D eigenvalue weighted by molar-refractivity contribution is 7.13. The van der Waals surface area contributed by atoms with Crippen molar-refractivity contribution in [2.24, 2.45) is 5.92 Å². The number of aromatic nitrogens is 1. The molecule has 1 aliphatic carbocycles. The minimum Gasteiger partial charge on any atom is -0.480 e. The van der Waals surface area contributed by atoms with Gasteiger partial charge in [-0.3, -0.25) is 4.79 Å². The van der Waals surface area contributed by atoms with E-state index in [2.05, 4.69) is 10.3 Å². The molecule has 0 saturated heterocycles. The first kappa shape index (κ1) is 14.0. The molecule has 0 aliphatic heterocycles. The zero-order valence-corrected chi connectivity index (χ0v) is 11.9. The van der Waals surface area contributed by atoms with Crippen LogP contribution in [0.4, 0.5) is 0 Å². The first-order chi connectivity index (χ1) is 8.97. The molecule has 2 rings (SSSR count). The molecular weight excluding hydrogens is 264 g/mol. The van der Waals surface area contributed by atoms with Crippen LogP contribution in [-0.2, 0) is 4.79 Å². The SMILES string of the molecule is CC(C)c1ncc(C(=O)NC(CC2CC2)C(=O)O)s1. The number of rotatable bonds is 6. The molecule has 2 N–H and O–H groups in total. The van der Waals surface area contributed by atoms with Crippen LogP contribution in [0.5, 0.6) is 0 Å². The summed E-state index contributed by atoms with van der Waals surface area (Å²) in [6.45, 7) is 4.02. The second-order valence-corrected chi connectivity index (χ2v) is 6.32. The van der Waals surface area contributed by atoms with Crippen LogP contribution in [0.2, 0.25) is 0 Å². The van der Waals surface area contributed by atoms with Gasteiger partial charge in [-0.1, -0.05) is 26.7 Å². The van der Waals surface area contributed by atoms with Crippen LogP contribution < -0.4 is 5.32 Å². The highest BCUT2D eigenvalue weighted by Gasteiger charge is 2.30. The van der Waals surface area contributed by atoms with Crippen molar-refractivity contribution in [3.8, 4) is 0 Å². The van der Waals surface area contributed by atoms with Gasteiger partial charge in [-0.15, -0.1) is 11.3 Å². The largest absolute Gasteiger partial charge is 0.480 e. The topological polar surface area (TPSA) is 79.3 Å². The summed E-state index contributed by atoms with van der Waals surface area (Å²) >= 11 is 1.32. The van der Waals surface area contributed by atoms with Gasteiger partial charge in [0.05, 0.1) is 11.2 Å². The minimum atomic E-state index is -0.964. The van der Waals surface area contributed by atoms with Crippen molar-refractivity contribution < 1.29 is 14.7 Å². The highest BCUT2D eigenvalue weighted by Crippen LogP contribution is 2.33. The predicted octanol–water partition coefficient (Wildman–Crippen LogP) is 2.25. The Balaban J connectivity index is 1.98. The van der Waals surface area contributed by atoms with E-state index in [9.17, 15) is 9.59 Å². The van der Waals surface area contributed by atoms with Crippen molar-refractivity contribution >= 4 is 23.2 Å². The average Bonchev–Trinajstić information content (AvgIpc) is 3.01. The van der Waals surface area contributed by atoms with Crippen LogP contribution in [-0.4, -0.2) is 28.0 Å². The molecule has 104 valence electrons. The molecule has 1 aromatic rings. The molecule has 1 atom stereocenters. The summed E-state index contributed by atoms with van der Waals surface area (Å²) in [4.78, 5) is 27.8. The number of nitrogens with one attached hydrogen (secondary N) is 1. The summed E-state index contributed by atoms with van der Waals surface area (Å²) in [5.41, 5.74) is 0. The molecule has 0 bridgehead atoms. The first-order valence-electron chi connectivity index (χ1n) is 6.46. The number of carboxylic acids is 1. The van der Waals surface area contributed by atoms with E-state index in [0.717, 1.165) is 17.8 Å². The normalized spacial score (nSPS) is 16.4. The van der Waals surface area contributed by atoms with Gasteiger partial charge in [-0.05, 0) is 12.3 Å². The van der Waals surface area contributed by atoms with Crippen molar-refractivity contribution in [2.75, 3.05) is 0 Å². The summed E-state index contributed by atoms with van der Waals surface area (Å²) in [5, 5.41) is 12.6. The quantitative estimate of drug-likeness (QED) is 0.838. The van der Waals surface area contributed by atoms with E-state index in [1.54, 1.807) is 0 Å². The molecule has 1 heterocycles. The standard InChI is InChI=1S/C13H18N2O3S/c1-7(2)12-14-6-10(19-12)11(16)15-9(13(17)18)5-8-3-4-8/h6-9H,3-5H2,1-2H3,(H,15,16)(H,17,18). The first-order valence-corrected chi connectivity index (χ1v) is 7.28. The van der Waals surface area contributed by atoms with Crippen LogP contribution in [0.1, 0.15) is 53.7 Å². The maximum Gasteiger partial charge on any atom is 0.326 e. The Labute approximate surface area is 116 Å². The minimum absolute atomic E-state index is 0.272. The lowest BCUT2D eigenvalue weighted by atomic mass is 10.1. The van der Waals surface area contributed by atoms with E-state index in [1.807, 2.05) is 13.8 Å². The Morgan fingerprint density at radius 2 is 2.21 bits per heavy atom. The Hall–Kier alpha value is -1.43. The molecule has 6 heteroatoms. The molecule has 0 aromatic carbocycles. The maximum absolute atomic E-state index is 12.0. The zero-order chi connectivity index (χ0) is 14.0. The summed E-state index contributed by atoms with van der Waals surface area (Å²) in [5.74, 6) is -0.575. The van der Waals surface area contributed by atoms with Gasteiger partial charge in [0.15, 0.2) is 0 Å². The molecular formula is C13H18N2O3S. The number of thiazole rings is 1. The molecule has 1 fully saturated rings. The fourth-order valence-corrected chi connectivity index (χ4v) is 2.62. The molecule has 1 unspecified atom stereocenters. The molecule has 1 saturated carbocycles. The molecule has 19 heavy (non-hydrogen) atoms. The number of carbonyl (C=O) groups excluding carboxylic acids is 1. The number of carbonyl (C=O) groups is 2. The van der Waals surface area contributed by atoms with Crippen molar-refractivity contribution in [1.82, 2.24) is 10.3 Å². The van der Waals surface area contributed by atoms with Gasteiger partial charge in [0.25, 0.3) is 5.91 Å². The lowest BCUT2D eigenvalue weighted by Crippen LogP contribution is -2.40. The number of hydrogen-bond donors (Lipinski definition) is 2. The monoisotopic (exact) mass is 282 g/mol. The van der Waals surface area contributed by atoms with Crippen molar-refractivity contribution in [3.63, 3.8) is 0 Å². The molecule has 5 nitrogen and oxygen atoms in total. The molecule has 1 aliphatic rings. The van der Waals surface area contributed by atoms with Gasteiger partial charge in [-0.25, -0.2) is 9.78 Å². The van der Waals surface area contributed by atoms with Gasteiger partial charge in [0.2, 0.25) is 0 Å². The van der Waals surface area contributed by atoms with Crippen molar-refractivity contribution in [3.05, 3.63) is 16.1 Å². The molecule has 1 amide bonds. The number of nitrogens with zero attached hydrogens (tertiary/aromatic N) is 1. The Morgan fingerprint density at radius 3 is 2.68 bits per heavy atom. The third-order valence-electron chi connectivity index (χ3n) is 3.11. The molecule has 0 radical (unpaired) electrons. The van der Waals surface area contributed by atoms with Crippen LogP contribution in [0.15, 0.2) is 6.20 Å². The summed E-state index contributed by atoms with van der Waals surface area (Å²) in [6.07, 6.45) is 4.18. The average molecular weight is 282 g/mol. The smallest absolute Gasteiger partial charge is 0.326 e. The number of aliphatic carboxylic acids is 1. The maximum atomic E-state index is 12.0. The van der Waals surface area contributed by atoms with Crippen LogP contribution in [0.25, 0.3) is 0 Å². The summed E-state index contributed by atoms with van der Waals surface area (Å²) < 4.78 is 0. The third-order valence-corrected chi connectivity index (χ3v) is 4.41. The van der Waals surface area contributed by atoms with Gasteiger partial charge < -0.3 is 10.4 Å². The molecule has 0 spiro atoms. The zero-order valence-electron chi connectivity index (χ0n) is 11.0. The van der Waals surface area contributed by atoms with E-state index < -0.39 is 12.0 Å². The highest BCUT2D eigenvalue weighted by atomic mass is 32.1. The Kier molecular flexibility index (Phi) is 4.19. The number of hydrogen-bond acceptors (Lipinski definition) is 4. The van der Waals surface area contributed by atoms with E-state index in [1.165, 1.54) is 17.5 Å². The lowest BCUT2D eigenvalue weighted by Gasteiger charge is -2.12. The van der Waals surface area contributed by atoms with Gasteiger partial charge >= 0.3 is 5.97 Å². The number of amides is 1. The summed E-state index contributed by atoms with van der Waals surface area (Å²) in [7, 11) is 0. The van der Waals surface area contributed by atoms with E-state index >= 15 is 0 Å². The van der Waals surface area contributed by atoms with Crippen molar-refractivity contribution in [1.29, 1.82) is 0 Å². The second kappa shape index (κ2) is 5.69. The van der Waals surface area contributed by atoms with Crippen molar-refractivity contribution in [2.45, 2.75) is 45.1 Å². The van der Waals surface area contributed by atoms with Gasteiger partial charge in [-0.2, -0.15) is 0 Å². The second-order valence-electron chi connectivity index (χ2n) is 5.26. The van der Waals surface area contributed by atoms with Gasteiger partial charge in [0.1, 0.15) is 10.9 Å². The van der Waals surface area contributed by atoms with Crippen LogP contribution in [0, 0.1) is 5.92 Å². The van der Waals surface area contributed by atoms with E-state index in [4.69, 9.17) is 5.11 Å². The van der Waals surface area contributed by atoms with Crippen LogP contribution in [0.3, 0.4) is 0 Å². The Bertz CT molecular complexity index is 480. The third kappa shape index (κ3) is 3.76.